The third-order valence-corrected chi connectivity index (χ3v) is 5.19. The molecule has 2 heterocycles. The quantitative estimate of drug-likeness (QED) is 0.504. The van der Waals surface area contributed by atoms with Crippen molar-refractivity contribution in [1.29, 1.82) is 0 Å². The van der Waals surface area contributed by atoms with Crippen LogP contribution < -0.4 is 4.90 Å². The van der Waals surface area contributed by atoms with E-state index in [9.17, 15) is 4.79 Å². The van der Waals surface area contributed by atoms with E-state index in [-0.39, 0.29) is 11.9 Å². The molecule has 4 nitrogen and oxygen atoms in total. The molecule has 1 unspecified atom stereocenters. The molecule has 4 heteroatoms. The molecule has 27 heavy (non-hydrogen) atoms. The van der Waals surface area contributed by atoms with Gasteiger partial charge in [-0.25, -0.2) is 0 Å². The third kappa shape index (κ3) is 2.53. The number of fused-ring (bicyclic) bond motifs is 2. The maximum Gasteiger partial charge on any atom is 0.258 e. The fourth-order valence-electron chi connectivity index (χ4n) is 3.89. The molecular weight excluding hydrogens is 336 g/mol. The second-order valence-corrected chi connectivity index (χ2v) is 6.97. The van der Waals surface area contributed by atoms with Crippen molar-refractivity contribution in [3.63, 3.8) is 0 Å². The van der Waals surface area contributed by atoms with E-state index < -0.39 is 0 Å². The lowest BCUT2D eigenvalue weighted by Gasteiger charge is -2.22. The van der Waals surface area contributed by atoms with Gasteiger partial charge in [0.15, 0.2) is 5.76 Å². The summed E-state index contributed by atoms with van der Waals surface area (Å²) >= 11 is 0. The monoisotopic (exact) mass is 354 g/mol. The van der Waals surface area contributed by atoms with Crippen molar-refractivity contribution in [2.45, 2.75) is 19.4 Å². The van der Waals surface area contributed by atoms with Crippen molar-refractivity contribution in [3.05, 3.63) is 83.9 Å². The molecule has 5 rings (SSSR count). The number of para-hydroxylation sites is 1. The standard InChI is InChI=1S/C23H18N2O2/c1-15-13-17-9-5-6-10-21(17)25(15)23(26)18-11-12-20-19(14-18)22(27-24-20)16-7-3-2-4-8-16/h2-12,14-15H,13H2,1H3. The number of amides is 1. The number of hydrogen-bond donors (Lipinski definition) is 0. The van der Waals surface area contributed by atoms with Gasteiger partial charge in [-0.05, 0) is 43.2 Å². The van der Waals surface area contributed by atoms with Crippen molar-refractivity contribution >= 4 is 22.5 Å². The number of carbonyl (C=O) groups excluding carboxylic acids is 1. The van der Waals surface area contributed by atoms with Gasteiger partial charge in [0.25, 0.3) is 5.91 Å². The van der Waals surface area contributed by atoms with Crippen LogP contribution >= 0.6 is 0 Å². The zero-order valence-corrected chi connectivity index (χ0v) is 14.9. The highest BCUT2D eigenvalue weighted by atomic mass is 16.5. The van der Waals surface area contributed by atoms with E-state index in [1.54, 1.807) is 0 Å². The third-order valence-electron chi connectivity index (χ3n) is 5.19. The molecule has 0 bridgehead atoms. The van der Waals surface area contributed by atoms with Crippen LogP contribution in [0.25, 0.3) is 22.2 Å². The van der Waals surface area contributed by atoms with Crippen LogP contribution in [0, 0.1) is 0 Å². The average Bonchev–Trinajstić information content (AvgIpc) is 3.27. The Bertz CT molecular complexity index is 1150. The summed E-state index contributed by atoms with van der Waals surface area (Å²) in [5.41, 5.74) is 4.56. The molecule has 1 aliphatic rings. The van der Waals surface area contributed by atoms with Gasteiger partial charge in [-0.15, -0.1) is 0 Å². The van der Waals surface area contributed by atoms with Crippen molar-refractivity contribution in [3.8, 4) is 11.3 Å². The highest BCUT2D eigenvalue weighted by molar-refractivity contribution is 6.10. The van der Waals surface area contributed by atoms with E-state index in [0.29, 0.717) is 11.3 Å². The lowest BCUT2D eigenvalue weighted by Crippen LogP contribution is -2.35. The fourth-order valence-corrected chi connectivity index (χ4v) is 3.89. The number of benzene rings is 3. The zero-order valence-electron chi connectivity index (χ0n) is 14.9. The molecule has 0 spiro atoms. The SMILES string of the molecule is CC1Cc2ccccc2N1C(=O)c1ccc2noc(-c3ccccc3)c2c1. The van der Waals surface area contributed by atoms with E-state index in [4.69, 9.17) is 4.52 Å². The minimum Gasteiger partial charge on any atom is -0.355 e. The van der Waals surface area contributed by atoms with Gasteiger partial charge >= 0.3 is 0 Å². The summed E-state index contributed by atoms with van der Waals surface area (Å²) in [7, 11) is 0. The van der Waals surface area contributed by atoms with Crippen molar-refractivity contribution < 1.29 is 9.32 Å². The fraction of sp³-hybridized carbons (Fsp3) is 0.130. The topological polar surface area (TPSA) is 46.3 Å². The normalized spacial score (nSPS) is 15.9. The molecule has 0 saturated carbocycles. The lowest BCUT2D eigenvalue weighted by molar-refractivity contribution is 0.0981. The highest BCUT2D eigenvalue weighted by Crippen LogP contribution is 2.34. The molecule has 3 aromatic carbocycles. The van der Waals surface area contributed by atoms with Gasteiger partial charge in [0.05, 0.1) is 5.39 Å². The van der Waals surface area contributed by atoms with E-state index in [1.165, 1.54) is 5.56 Å². The predicted molar refractivity (Wildman–Crippen MR) is 106 cm³/mol. The summed E-state index contributed by atoms with van der Waals surface area (Å²) in [5.74, 6) is 0.699. The zero-order chi connectivity index (χ0) is 18.4. The van der Waals surface area contributed by atoms with Crippen LogP contribution in [-0.2, 0) is 6.42 Å². The largest absolute Gasteiger partial charge is 0.355 e. The van der Waals surface area contributed by atoms with Crippen LogP contribution in [0.3, 0.4) is 0 Å². The molecule has 1 amide bonds. The number of aromatic nitrogens is 1. The molecule has 1 aliphatic heterocycles. The Morgan fingerprint density at radius 2 is 1.81 bits per heavy atom. The Labute approximate surface area is 157 Å². The van der Waals surface area contributed by atoms with Gasteiger partial charge in [0.2, 0.25) is 0 Å². The summed E-state index contributed by atoms with van der Waals surface area (Å²) in [6.45, 7) is 2.09. The first-order chi connectivity index (χ1) is 13.2. The van der Waals surface area contributed by atoms with Gasteiger partial charge < -0.3 is 9.42 Å². The van der Waals surface area contributed by atoms with E-state index in [1.807, 2.05) is 71.6 Å². The summed E-state index contributed by atoms with van der Waals surface area (Å²) in [6.07, 6.45) is 0.882. The second kappa shape index (κ2) is 6.09. The van der Waals surface area contributed by atoms with Crippen LogP contribution in [0.5, 0.6) is 0 Å². The van der Waals surface area contributed by atoms with Crippen LogP contribution in [0.15, 0.2) is 77.3 Å². The van der Waals surface area contributed by atoms with Crippen molar-refractivity contribution in [1.82, 2.24) is 5.16 Å². The maximum atomic E-state index is 13.3. The summed E-state index contributed by atoms with van der Waals surface area (Å²) in [6, 6.07) is 23.7. The first-order valence-corrected chi connectivity index (χ1v) is 9.09. The molecule has 0 saturated heterocycles. The average molecular weight is 354 g/mol. The van der Waals surface area contributed by atoms with Gasteiger partial charge in [0.1, 0.15) is 5.52 Å². The molecule has 1 aromatic heterocycles. The molecule has 0 radical (unpaired) electrons. The molecule has 0 N–H and O–H groups in total. The van der Waals surface area contributed by atoms with Crippen LogP contribution in [0.1, 0.15) is 22.8 Å². The van der Waals surface area contributed by atoms with Gasteiger partial charge in [-0.3, -0.25) is 4.79 Å². The predicted octanol–water partition coefficient (Wildman–Crippen LogP) is 5.09. The molecular formula is C23H18N2O2. The lowest BCUT2D eigenvalue weighted by atomic mass is 10.1. The number of hydrogen-bond acceptors (Lipinski definition) is 3. The van der Waals surface area contributed by atoms with E-state index >= 15 is 0 Å². The van der Waals surface area contributed by atoms with E-state index in [0.717, 1.165) is 28.6 Å². The number of carbonyl (C=O) groups is 1. The Balaban J connectivity index is 1.59. The summed E-state index contributed by atoms with van der Waals surface area (Å²) in [5, 5.41) is 5.00. The maximum absolute atomic E-state index is 13.3. The Morgan fingerprint density at radius 1 is 1.04 bits per heavy atom. The Hall–Kier alpha value is -3.40. The first kappa shape index (κ1) is 15.8. The molecule has 0 fully saturated rings. The molecule has 0 aliphatic carbocycles. The minimum absolute atomic E-state index is 0.00885. The van der Waals surface area contributed by atoms with Crippen LogP contribution in [0.4, 0.5) is 5.69 Å². The van der Waals surface area contributed by atoms with Gasteiger partial charge in [-0.2, -0.15) is 0 Å². The van der Waals surface area contributed by atoms with Gasteiger partial charge in [-0.1, -0.05) is 53.7 Å². The Kier molecular flexibility index (Phi) is 3.57. The molecule has 1 atom stereocenters. The smallest absolute Gasteiger partial charge is 0.258 e. The molecule has 132 valence electrons. The Morgan fingerprint density at radius 3 is 2.67 bits per heavy atom. The summed E-state index contributed by atoms with van der Waals surface area (Å²) < 4.78 is 5.56. The van der Waals surface area contributed by atoms with Gasteiger partial charge in [0, 0.05) is 22.9 Å². The first-order valence-electron chi connectivity index (χ1n) is 9.09. The van der Waals surface area contributed by atoms with Crippen molar-refractivity contribution in [2.24, 2.45) is 0 Å². The number of nitrogens with zero attached hydrogens (tertiary/aromatic N) is 2. The van der Waals surface area contributed by atoms with E-state index in [2.05, 4.69) is 18.1 Å². The summed E-state index contributed by atoms with van der Waals surface area (Å²) in [4.78, 5) is 15.2. The number of rotatable bonds is 2. The van der Waals surface area contributed by atoms with Crippen LogP contribution in [-0.4, -0.2) is 17.1 Å². The number of anilines is 1. The molecule has 4 aromatic rings. The van der Waals surface area contributed by atoms with Crippen LogP contribution in [0.2, 0.25) is 0 Å². The highest BCUT2D eigenvalue weighted by Gasteiger charge is 2.31. The minimum atomic E-state index is 0.00885. The second-order valence-electron chi connectivity index (χ2n) is 6.97. The van der Waals surface area contributed by atoms with Crippen molar-refractivity contribution in [2.75, 3.05) is 4.90 Å².